The Morgan fingerprint density at radius 1 is 1.13 bits per heavy atom. The van der Waals surface area contributed by atoms with Gasteiger partial charge in [0.2, 0.25) is 11.8 Å². The van der Waals surface area contributed by atoms with Crippen molar-refractivity contribution in [3.63, 3.8) is 0 Å². The van der Waals surface area contributed by atoms with Gasteiger partial charge in [0.15, 0.2) is 10.8 Å². The van der Waals surface area contributed by atoms with E-state index < -0.39 is 29.3 Å². The van der Waals surface area contributed by atoms with Crippen molar-refractivity contribution in [2.75, 3.05) is 4.90 Å². The predicted octanol–water partition coefficient (Wildman–Crippen LogP) is 4.59. The van der Waals surface area contributed by atoms with Gasteiger partial charge in [-0.1, -0.05) is 12.1 Å². The highest BCUT2D eigenvalue weighted by molar-refractivity contribution is 7.14. The Labute approximate surface area is 177 Å². The zero-order valence-corrected chi connectivity index (χ0v) is 16.6. The number of benzene rings is 2. The van der Waals surface area contributed by atoms with Crippen LogP contribution in [0.15, 0.2) is 58.5 Å². The highest BCUT2D eigenvalue weighted by atomic mass is 32.1. The number of carbonyl (C=O) groups excluding carboxylic acids is 2. The molecule has 0 saturated heterocycles. The lowest BCUT2D eigenvalue weighted by Crippen LogP contribution is -2.23. The van der Waals surface area contributed by atoms with Crippen LogP contribution in [0.25, 0.3) is 6.08 Å². The fourth-order valence-corrected chi connectivity index (χ4v) is 3.65. The molecule has 10 heteroatoms. The normalized spacial score (nSPS) is 14.5. The number of carbonyl (C=O) groups is 2. The largest absolute Gasteiger partial charge is 0.402 e. The van der Waals surface area contributed by atoms with Gasteiger partial charge in [0.25, 0.3) is 0 Å². The van der Waals surface area contributed by atoms with E-state index in [1.165, 1.54) is 31.2 Å². The summed E-state index contributed by atoms with van der Waals surface area (Å²) in [4.78, 5) is 33.5. The number of cyclic esters (lactones) is 1. The first-order valence-electron chi connectivity index (χ1n) is 8.82. The Bertz CT molecular complexity index is 1270. The van der Waals surface area contributed by atoms with Gasteiger partial charge in [-0.05, 0) is 30.3 Å². The third-order valence-corrected chi connectivity index (χ3v) is 5.02. The van der Waals surface area contributed by atoms with Crippen molar-refractivity contribution in [2.24, 2.45) is 4.99 Å². The van der Waals surface area contributed by atoms with Crippen molar-refractivity contribution in [1.29, 1.82) is 0 Å². The zero-order chi connectivity index (χ0) is 22.1. The van der Waals surface area contributed by atoms with E-state index in [2.05, 4.69) is 9.98 Å². The SMILES string of the molecule is CC(=O)N(c1nc(/C=C2/N=C(c3ccc(F)cc3F)OC2=O)cs1)c1ccccc1F. The molecule has 6 nitrogen and oxygen atoms in total. The Morgan fingerprint density at radius 3 is 2.61 bits per heavy atom. The summed E-state index contributed by atoms with van der Waals surface area (Å²) >= 11 is 1.06. The Hall–Kier alpha value is -3.79. The number of halogens is 3. The van der Waals surface area contributed by atoms with Crippen LogP contribution in [0, 0.1) is 17.5 Å². The Balaban J connectivity index is 1.66. The standard InChI is InChI=1S/C21H12F3N3O3S/c1-11(28)27(18-5-3-2-4-15(18)23)21-25-13(10-31-21)9-17-20(29)30-19(26-17)14-7-6-12(22)8-16(14)24/h2-10H,1H3/b17-9+. The molecule has 0 N–H and O–H groups in total. The van der Waals surface area contributed by atoms with Gasteiger partial charge >= 0.3 is 5.97 Å². The number of thiazole rings is 1. The van der Waals surface area contributed by atoms with E-state index in [0.717, 1.165) is 28.4 Å². The second kappa shape index (κ2) is 8.15. The fourth-order valence-electron chi connectivity index (χ4n) is 2.81. The number of aliphatic imine (C=N–C) groups is 1. The van der Waals surface area contributed by atoms with Crippen LogP contribution in [0.1, 0.15) is 18.2 Å². The first kappa shape index (κ1) is 20.5. The fraction of sp³-hybridized carbons (Fsp3) is 0.0476. The molecule has 2 heterocycles. The van der Waals surface area contributed by atoms with Crippen molar-refractivity contribution in [3.8, 4) is 0 Å². The molecule has 1 aliphatic heterocycles. The average Bonchev–Trinajstić information content (AvgIpc) is 3.30. The van der Waals surface area contributed by atoms with Gasteiger partial charge in [-0.15, -0.1) is 11.3 Å². The summed E-state index contributed by atoms with van der Waals surface area (Å²) in [5.41, 5.74) is -0.0229. The molecule has 156 valence electrons. The predicted molar refractivity (Wildman–Crippen MR) is 108 cm³/mol. The average molecular weight is 443 g/mol. The van der Waals surface area contributed by atoms with E-state index in [4.69, 9.17) is 4.74 Å². The van der Waals surface area contributed by atoms with Crippen LogP contribution in [0.4, 0.5) is 24.0 Å². The lowest BCUT2D eigenvalue weighted by Gasteiger charge is -2.18. The molecule has 0 fully saturated rings. The van der Waals surface area contributed by atoms with Crippen LogP contribution >= 0.6 is 11.3 Å². The molecule has 1 aliphatic rings. The number of hydrogen-bond donors (Lipinski definition) is 0. The van der Waals surface area contributed by atoms with Gasteiger partial charge in [0.1, 0.15) is 17.5 Å². The number of hydrogen-bond acceptors (Lipinski definition) is 6. The van der Waals surface area contributed by atoms with E-state index in [0.29, 0.717) is 6.07 Å². The maximum atomic E-state index is 14.2. The maximum absolute atomic E-state index is 14.2. The summed E-state index contributed by atoms with van der Waals surface area (Å²) < 4.78 is 46.2. The summed E-state index contributed by atoms with van der Waals surface area (Å²) in [6.07, 6.45) is 1.29. The third kappa shape index (κ3) is 4.10. The quantitative estimate of drug-likeness (QED) is 0.437. The molecule has 0 atom stereocenters. The minimum absolute atomic E-state index is 0.0379. The number of anilines is 2. The van der Waals surface area contributed by atoms with Crippen LogP contribution in [-0.2, 0) is 14.3 Å². The van der Waals surface area contributed by atoms with E-state index in [9.17, 15) is 22.8 Å². The van der Waals surface area contributed by atoms with Gasteiger partial charge in [0, 0.05) is 18.4 Å². The van der Waals surface area contributed by atoms with Gasteiger partial charge in [-0.2, -0.15) is 0 Å². The Kier molecular flexibility index (Phi) is 5.38. The lowest BCUT2D eigenvalue weighted by atomic mass is 10.2. The number of amides is 1. The smallest absolute Gasteiger partial charge is 0.363 e. The number of para-hydroxylation sites is 1. The first-order valence-corrected chi connectivity index (χ1v) is 9.70. The molecule has 0 bridgehead atoms. The molecule has 31 heavy (non-hydrogen) atoms. The van der Waals surface area contributed by atoms with E-state index in [-0.39, 0.29) is 33.7 Å². The topological polar surface area (TPSA) is 71.9 Å². The van der Waals surface area contributed by atoms with Crippen LogP contribution in [-0.4, -0.2) is 22.8 Å². The number of rotatable bonds is 4. The highest BCUT2D eigenvalue weighted by Crippen LogP contribution is 2.31. The van der Waals surface area contributed by atoms with E-state index in [1.807, 2.05) is 0 Å². The van der Waals surface area contributed by atoms with Crippen molar-refractivity contribution in [1.82, 2.24) is 4.98 Å². The van der Waals surface area contributed by atoms with Crippen molar-refractivity contribution in [3.05, 3.63) is 82.3 Å². The molecule has 3 aromatic rings. The molecule has 2 aromatic carbocycles. The van der Waals surface area contributed by atoms with Crippen LogP contribution in [0.3, 0.4) is 0 Å². The van der Waals surface area contributed by atoms with Gasteiger partial charge in [0.05, 0.1) is 16.9 Å². The second-order valence-corrected chi connectivity index (χ2v) is 7.16. The molecular weight excluding hydrogens is 431 g/mol. The highest BCUT2D eigenvalue weighted by Gasteiger charge is 2.27. The molecule has 0 radical (unpaired) electrons. The first-order chi connectivity index (χ1) is 14.8. The number of esters is 1. The minimum atomic E-state index is -0.925. The van der Waals surface area contributed by atoms with Crippen LogP contribution < -0.4 is 4.90 Å². The van der Waals surface area contributed by atoms with Gasteiger partial charge < -0.3 is 4.74 Å². The molecule has 4 rings (SSSR count). The van der Waals surface area contributed by atoms with E-state index in [1.54, 1.807) is 11.4 Å². The van der Waals surface area contributed by atoms with Gasteiger partial charge in [-0.3, -0.25) is 9.69 Å². The lowest BCUT2D eigenvalue weighted by molar-refractivity contribution is -0.130. The summed E-state index contributed by atoms with van der Waals surface area (Å²) in [6.45, 7) is 1.27. The molecule has 1 amide bonds. The van der Waals surface area contributed by atoms with Crippen LogP contribution in [0.2, 0.25) is 0 Å². The summed E-state index contributed by atoms with van der Waals surface area (Å²) in [5.74, 6) is -3.90. The number of nitrogens with zero attached hydrogens (tertiary/aromatic N) is 3. The molecule has 0 unspecified atom stereocenters. The maximum Gasteiger partial charge on any atom is 0.363 e. The van der Waals surface area contributed by atoms with Gasteiger partial charge in [-0.25, -0.2) is 27.9 Å². The molecular formula is C21H12F3N3O3S. The number of aromatic nitrogens is 1. The molecule has 0 spiro atoms. The second-order valence-electron chi connectivity index (χ2n) is 6.32. The number of ether oxygens (including phenoxy) is 1. The summed E-state index contributed by atoms with van der Waals surface area (Å²) in [6, 6.07) is 8.53. The molecule has 1 aromatic heterocycles. The van der Waals surface area contributed by atoms with Crippen LogP contribution in [0.5, 0.6) is 0 Å². The monoisotopic (exact) mass is 443 g/mol. The summed E-state index contributed by atoms with van der Waals surface area (Å²) in [5, 5.41) is 1.72. The minimum Gasteiger partial charge on any atom is -0.402 e. The van der Waals surface area contributed by atoms with E-state index >= 15 is 0 Å². The third-order valence-electron chi connectivity index (χ3n) is 4.18. The molecule has 0 saturated carbocycles. The van der Waals surface area contributed by atoms with Crippen molar-refractivity contribution >= 4 is 46.0 Å². The van der Waals surface area contributed by atoms with Crippen molar-refractivity contribution in [2.45, 2.75) is 6.92 Å². The van der Waals surface area contributed by atoms with Crippen molar-refractivity contribution < 1.29 is 27.5 Å². The summed E-state index contributed by atoms with van der Waals surface area (Å²) in [7, 11) is 0. The molecule has 0 aliphatic carbocycles. The zero-order valence-electron chi connectivity index (χ0n) is 15.8. The Morgan fingerprint density at radius 2 is 1.90 bits per heavy atom.